The quantitative estimate of drug-likeness (QED) is 0.398. The molecule has 1 atom stereocenters. The third kappa shape index (κ3) is 5.13. The van der Waals surface area contributed by atoms with Crippen molar-refractivity contribution in [3.63, 3.8) is 0 Å². The van der Waals surface area contributed by atoms with E-state index in [1.54, 1.807) is 42.5 Å². The molecule has 0 aromatic heterocycles. The van der Waals surface area contributed by atoms with Crippen LogP contribution in [-0.4, -0.2) is 5.91 Å². The number of rotatable bonds is 5. The molecule has 0 aliphatic heterocycles. The monoisotopic (exact) mass is 405 g/mol. The smallest absolute Gasteiger partial charge is 0.325 e. The van der Waals surface area contributed by atoms with Gasteiger partial charge in [-0.2, -0.15) is 13.2 Å². The first-order chi connectivity index (χ1) is 13.3. The summed E-state index contributed by atoms with van der Waals surface area (Å²) >= 11 is 1.19. The molecule has 3 rings (SSSR count). The second-order valence-corrected chi connectivity index (χ2v) is 7.11. The van der Waals surface area contributed by atoms with Gasteiger partial charge in [0.25, 0.3) is 0 Å². The summed E-state index contributed by atoms with van der Waals surface area (Å²) in [6.07, 6.45) is -4.50. The molecule has 7 heteroatoms. The summed E-state index contributed by atoms with van der Waals surface area (Å²) in [6, 6.07) is 19.0. The molecule has 1 N–H and O–H groups in total. The molecular weight excluding hydrogens is 390 g/mol. The van der Waals surface area contributed by atoms with Crippen molar-refractivity contribution >= 4 is 23.4 Å². The first-order valence-electron chi connectivity index (χ1n) is 8.28. The van der Waals surface area contributed by atoms with Crippen LogP contribution in [-0.2, 0) is 11.0 Å². The fourth-order valence-corrected chi connectivity index (χ4v) is 3.56. The average Bonchev–Trinajstić information content (AvgIpc) is 2.67. The Morgan fingerprint density at radius 1 is 0.893 bits per heavy atom. The van der Waals surface area contributed by atoms with Crippen molar-refractivity contribution < 1.29 is 22.4 Å². The van der Waals surface area contributed by atoms with Crippen molar-refractivity contribution in [3.05, 3.63) is 95.8 Å². The molecule has 0 heterocycles. The number of halogens is 4. The lowest BCUT2D eigenvalue weighted by molar-refractivity contribution is -0.137. The number of thioether (sulfide) groups is 1. The fourth-order valence-electron chi connectivity index (χ4n) is 2.53. The van der Waals surface area contributed by atoms with Crippen LogP contribution >= 0.6 is 11.8 Å². The summed E-state index contributed by atoms with van der Waals surface area (Å²) in [4.78, 5) is 13.5. The molecule has 0 unspecified atom stereocenters. The van der Waals surface area contributed by atoms with Gasteiger partial charge in [0.2, 0.25) is 5.91 Å². The van der Waals surface area contributed by atoms with Crippen LogP contribution < -0.4 is 5.32 Å². The van der Waals surface area contributed by atoms with Crippen molar-refractivity contribution in [1.29, 1.82) is 0 Å². The van der Waals surface area contributed by atoms with E-state index in [2.05, 4.69) is 5.32 Å². The maximum atomic E-state index is 13.1. The molecule has 28 heavy (non-hydrogen) atoms. The second kappa shape index (κ2) is 8.48. The minimum Gasteiger partial charge on any atom is -0.325 e. The highest BCUT2D eigenvalue weighted by Gasteiger charge is 2.31. The Balaban J connectivity index is 1.86. The summed E-state index contributed by atoms with van der Waals surface area (Å²) in [5, 5.41) is 1.83. The molecule has 0 saturated heterocycles. The van der Waals surface area contributed by atoms with Crippen LogP contribution in [0.4, 0.5) is 23.2 Å². The highest BCUT2D eigenvalue weighted by atomic mass is 32.2. The van der Waals surface area contributed by atoms with Gasteiger partial charge in [-0.1, -0.05) is 36.4 Å². The number of alkyl halides is 3. The first kappa shape index (κ1) is 19.9. The number of hydrogen-bond acceptors (Lipinski definition) is 2. The summed E-state index contributed by atoms with van der Waals surface area (Å²) in [5.74, 6) is -0.867. The minimum atomic E-state index is -4.50. The third-order valence-corrected chi connectivity index (χ3v) is 5.13. The predicted octanol–water partition coefficient (Wildman–Crippen LogP) is 6.32. The van der Waals surface area contributed by atoms with Crippen molar-refractivity contribution in [2.24, 2.45) is 0 Å². The standard InChI is InChI=1S/C21H15F4NOS/c22-16-9-11-18(12-10-16)28-19(14-5-2-1-3-6-14)20(27)26-17-8-4-7-15(13-17)21(23,24)25/h1-13,19H,(H,26,27)/t19-/m0/s1. The molecule has 3 aromatic rings. The highest BCUT2D eigenvalue weighted by Crippen LogP contribution is 2.37. The number of nitrogens with one attached hydrogen (secondary N) is 1. The Morgan fingerprint density at radius 3 is 2.21 bits per heavy atom. The van der Waals surface area contributed by atoms with Crippen molar-refractivity contribution in [3.8, 4) is 0 Å². The number of carbonyl (C=O) groups excluding carboxylic acids is 1. The van der Waals surface area contributed by atoms with Crippen molar-refractivity contribution in [2.75, 3.05) is 5.32 Å². The van der Waals surface area contributed by atoms with E-state index >= 15 is 0 Å². The summed E-state index contributed by atoms with van der Waals surface area (Å²) < 4.78 is 51.9. The van der Waals surface area contributed by atoms with Crippen molar-refractivity contribution in [1.82, 2.24) is 0 Å². The van der Waals surface area contributed by atoms with Crippen LogP contribution in [0.15, 0.2) is 83.8 Å². The van der Waals surface area contributed by atoms with Crippen LogP contribution in [0.25, 0.3) is 0 Å². The van der Waals surface area contributed by atoms with Crippen LogP contribution in [0, 0.1) is 5.82 Å². The lowest BCUT2D eigenvalue weighted by Gasteiger charge is -2.18. The lowest BCUT2D eigenvalue weighted by atomic mass is 10.1. The molecule has 0 fully saturated rings. The van der Waals surface area contributed by atoms with E-state index in [9.17, 15) is 22.4 Å². The van der Waals surface area contributed by atoms with E-state index in [1.165, 1.54) is 36.0 Å². The predicted molar refractivity (Wildman–Crippen MR) is 102 cm³/mol. The molecule has 144 valence electrons. The molecule has 1 amide bonds. The summed E-state index contributed by atoms with van der Waals surface area (Å²) in [7, 11) is 0. The number of hydrogen-bond donors (Lipinski definition) is 1. The SMILES string of the molecule is O=C(Nc1cccc(C(F)(F)F)c1)[C@@H](Sc1ccc(F)cc1)c1ccccc1. The number of benzene rings is 3. The van der Waals surface area contributed by atoms with E-state index < -0.39 is 28.7 Å². The molecule has 0 aliphatic rings. The largest absolute Gasteiger partial charge is 0.416 e. The molecule has 0 radical (unpaired) electrons. The zero-order valence-corrected chi connectivity index (χ0v) is 15.2. The van der Waals surface area contributed by atoms with E-state index in [1.807, 2.05) is 0 Å². The molecule has 3 aromatic carbocycles. The molecule has 0 aliphatic carbocycles. The van der Waals surface area contributed by atoms with Gasteiger partial charge in [-0.05, 0) is 48.0 Å². The molecule has 0 spiro atoms. The molecular formula is C21H15F4NOS. The normalized spacial score (nSPS) is 12.4. The van der Waals surface area contributed by atoms with Crippen LogP contribution in [0.5, 0.6) is 0 Å². The Morgan fingerprint density at radius 2 is 1.57 bits per heavy atom. The van der Waals surface area contributed by atoms with Gasteiger partial charge in [-0.3, -0.25) is 4.79 Å². The van der Waals surface area contributed by atoms with Gasteiger partial charge in [-0.15, -0.1) is 11.8 Å². The van der Waals surface area contributed by atoms with Crippen molar-refractivity contribution in [2.45, 2.75) is 16.3 Å². The van der Waals surface area contributed by atoms with E-state index in [0.717, 1.165) is 12.1 Å². The number of carbonyl (C=O) groups is 1. The van der Waals surface area contributed by atoms with E-state index in [4.69, 9.17) is 0 Å². The Labute approximate surface area is 163 Å². The summed E-state index contributed by atoms with van der Waals surface area (Å²) in [5.41, 5.74) is -0.102. The molecule has 0 bridgehead atoms. The Hall–Kier alpha value is -2.80. The lowest BCUT2D eigenvalue weighted by Crippen LogP contribution is -2.19. The van der Waals surface area contributed by atoms with Gasteiger partial charge >= 0.3 is 6.18 Å². The second-order valence-electron chi connectivity index (χ2n) is 5.93. The van der Waals surface area contributed by atoms with Crippen LogP contribution in [0.3, 0.4) is 0 Å². The highest BCUT2D eigenvalue weighted by molar-refractivity contribution is 8.00. The first-order valence-corrected chi connectivity index (χ1v) is 9.16. The van der Waals surface area contributed by atoms with Gasteiger partial charge in [0.15, 0.2) is 0 Å². The van der Waals surface area contributed by atoms with E-state index in [0.29, 0.717) is 10.5 Å². The Bertz CT molecular complexity index is 943. The minimum absolute atomic E-state index is 0.0560. The van der Waals surface area contributed by atoms with Gasteiger partial charge in [0, 0.05) is 10.6 Å². The van der Waals surface area contributed by atoms with Crippen LogP contribution in [0.2, 0.25) is 0 Å². The van der Waals surface area contributed by atoms with E-state index in [-0.39, 0.29) is 5.69 Å². The zero-order valence-electron chi connectivity index (χ0n) is 14.4. The van der Waals surface area contributed by atoms with Gasteiger partial charge in [-0.25, -0.2) is 4.39 Å². The average molecular weight is 405 g/mol. The van der Waals surface area contributed by atoms with Gasteiger partial charge in [0.05, 0.1) is 5.56 Å². The molecule has 0 saturated carbocycles. The summed E-state index contributed by atoms with van der Waals surface area (Å²) in [6.45, 7) is 0. The maximum absolute atomic E-state index is 13.1. The third-order valence-electron chi connectivity index (χ3n) is 3.87. The number of anilines is 1. The Kier molecular flexibility index (Phi) is 6.04. The van der Waals surface area contributed by atoms with Crippen LogP contribution in [0.1, 0.15) is 16.4 Å². The topological polar surface area (TPSA) is 29.1 Å². The van der Waals surface area contributed by atoms with Gasteiger partial charge < -0.3 is 5.32 Å². The maximum Gasteiger partial charge on any atom is 0.416 e. The molecule has 2 nitrogen and oxygen atoms in total. The fraction of sp³-hybridized carbons (Fsp3) is 0.0952. The van der Waals surface area contributed by atoms with Gasteiger partial charge in [0.1, 0.15) is 11.1 Å². The zero-order chi connectivity index (χ0) is 20.1. The number of amides is 1.